The summed E-state index contributed by atoms with van der Waals surface area (Å²) in [6.45, 7) is 26.1. The fourth-order valence-corrected chi connectivity index (χ4v) is 6.92. The summed E-state index contributed by atoms with van der Waals surface area (Å²) < 4.78 is 0. The van der Waals surface area contributed by atoms with Crippen molar-refractivity contribution in [1.82, 2.24) is 15.0 Å². The molecule has 0 fully saturated rings. The van der Waals surface area contributed by atoms with Crippen LogP contribution in [0.25, 0.3) is 6.08 Å². The van der Waals surface area contributed by atoms with Gasteiger partial charge in [0.1, 0.15) is 6.07 Å². The highest BCUT2D eigenvalue weighted by Gasteiger charge is 2.31. The number of carbonyl (C=O) groups is 2. The molecule has 1 heterocycles. The summed E-state index contributed by atoms with van der Waals surface area (Å²) in [5.41, 5.74) is 1.43. The molecule has 0 N–H and O–H groups in total. The van der Waals surface area contributed by atoms with E-state index in [2.05, 4.69) is 87.1 Å². The minimum atomic E-state index is -0.294. The molecule has 8 heteroatoms. The molecule has 0 spiro atoms. The molecule has 1 rings (SSSR count). The highest BCUT2D eigenvalue weighted by molar-refractivity contribution is 7.16. The first-order valence-electron chi connectivity index (χ1n) is 18.4. The monoisotopic (exact) mass is 684 g/mol. The van der Waals surface area contributed by atoms with Gasteiger partial charge in [0.05, 0.1) is 16.1 Å². The van der Waals surface area contributed by atoms with E-state index < -0.39 is 0 Å². The number of nitriles is 1. The summed E-state index contributed by atoms with van der Waals surface area (Å²) in [5, 5.41) is 14.4. The van der Waals surface area contributed by atoms with Crippen LogP contribution in [0.15, 0.2) is 16.7 Å². The second-order valence-electron chi connectivity index (χ2n) is 16.0. The first kappa shape index (κ1) is 43.5. The maximum absolute atomic E-state index is 14.3. The number of aromatic nitrogens is 1. The molecule has 0 radical (unpaired) electrons. The van der Waals surface area contributed by atoms with Gasteiger partial charge in [-0.25, -0.2) is 9.99 Å². The van der Waals surface area contributed by atoms with Gasteiger partial charge in [-0.2, -0.15) is 5.26 Å². The molecule has 1 amide bonds. The Balaban J connectivity index is 4.13. The van der Waals surface area contributed by atoms with Crippen LogP contribution in [0.3, 0.4) is 0 Å². The lowest BCUT2D eigenvalue weighted by molar-refractivity contribution is -0.136. The molecule has 0 aromatic carbocycles. The third-order valence-corrected chi connectivity index (χ3v) is 11.0. The fraction of sp³-hybridized carbons (Fsp3) is 0.750. The maximum atomic E-state index is 14.3. The Bertz CT molecular complexity index is 1240. The zero-order chi connectivity index (χ0) is 36.8. The Hall–Kier alpha value is -2.50. The molecule has 0 aliphatic heterocycles. The van der Waals surface area contributed by atoms with E-state index >= 15 is 0 Å². The van der Waals surface area contributed by atoms with Crippen LogP contribution >= 0.6 is 11.3 Å². The quantitative estimate of drug-likeness (QED) is 0.0447. The minimum Gasteiger partial charge on any atom is -0.348 e. The molecule has 0 saturated carbocycles. The number of carbonyl (C=O) groups excluding carboxylic acids is 2. The van der Waals surface area contributed by atoms with Gasteiger partial charge in [0.25, 0.3) is 5.91 Å². The van der Waals surface area contributed by atoms with Crippen LogP contribution < -0.4 is 4.90 Å². The van der Waals surface area contributed by atoms with Gasteiger partial charge in [0.2, 0.25) is 0 Å². The summed E-state index contributed by atoms with van der Waals surface area (Å²) in [5.74, 6) is 1.02. The lowest BCUT2D eigenvalue weighted by Crippen LogP contribution is -2.40. The number of nitrogens with zero attached hydrogens (tertiary/aromatic N) is 5. The molecule has 1 aromatic rings. The minimum absolute atomic E-state index is 0.00459. The van der Waals surface area contributed by atoms with Crippen molar-refractivity contribution in [2.75, 3.05) is 39.1 Å². The molecule has 3 unspecified atom stereocenters. The standard InChI is InChI=1S/C40H69N5O2S/c1-15-19-21-30(17-3)26-45(27-31(18-4)22-20-16-2)38-42-36(40(9,10)11)35(48-38)24-34(37(47)44(14)43(12)13)33(32(25-41)28-46)23-29(5)39(6,7)8/h24,28-31H,15-23,26-27H2,1-14H3/b33-32-,34-24-. The topological polar surface area (TPSA) is 80.5 Å². The summed E-state index contributed by atoms with van der Waals surface area (Å²) in [6.07, 6.45) is 12.5. The zero-order valence-corrected chi connectivity index (χ0v) is 33.9. The predicted octanol–water partition coefficient (Wildman–Crippen LogP) is 10.1. The number of unbranched alkanes of at least 4 members (excludes halogenated alkanes) is 2. The number of thiazole rings is 1. The van der Waals surface area contributed by atoms with E-state index in [1.54, 1.807) is 23.4 Å². The third kappa shape index (κ3) is 13.1. The smallest absolute Gasteiger partial charge is 0.268 e. The van der Waals surface area contributed by atoms with E-state index in [0.717, 1.165) is 41.6 Å². The average molecular weight is 684 g/mol. The lowest BCUT2D eigenvalue weighted by Gasteiger charge is -2.31. The van der Waals surface area contributed by atoms with Gasteiger partial charge in [-0.05, 0) is 54.1 Å². The number of hydrazine groups is 1. The Kier molecular flexibility index (Phi) is 18.4. The SMILES string of the molecule is CCCCC(CC)CN(CC(CC)CCCC)c1nc(C(C)(C)C)c(/C=C(C(=O)N(C)N(C)C)/C(CC(C)C(C)(C)C)=C(/C#N)C=O)s1. The van der Waals surface area contributed by atoms with Gasteiger partial charge >= 0.3 is 0 Å². The molecular weight excluding hydrogens is 615 g/mol. The van der Waals surface area contributed by atoms with Crippen molar-refractivity contribution in [2.24, 2.45) is 23.2 Å². The third-order valence-electron chi connectivity index (χ3n) is 9.94. The number of hydrogen-bond donors (Lipinski definition) is 0. The number of allylic oxidation sites excluding steroid dienone is 1. The van der Waals surface area contributed by atoms with E-state index in [4.69, 9.17) is 4.98 Å². The van der Waals surface area contributed by atoms with Crippen LogP contribution in [0.4, 0.5) is 5.13 Å². The first-order valence-corrected chi connectivity index (χ1v) is 19.2. The van der Waals surface area contributed by atoms with E-state index in [0.29, 0.717) is 35.7 Å². The van der Waals surface area contributed by atoms with Gasteiger partial charge in [-0.1, -0.05) is 126 Å². The predicted molar refractivity (Wildman–Crippen MR) is 206 cm³/mol. The Morgan fingerprint density at radius 2 is 1.46 bits per heavy atom. The van der Waals surface area contributed by atoms with E-state index in [1.165, 1.54) is 43.5 Å². The van der Waals surface area contributed by atoms with Crippen LogP contribution in [-0.2, 0) is 15.0 Å². The Labute approximate surface area is 298 Å². The Morgan fingerprint density at radius 1 is 0.938 bits per heavy atom. The van der Waals surface area contributed by atoms with Crippen LogP contribution in [0, 0.1) is 34.5 Å². The first-order chi connectivity index (χ1) is 22.4. The second-order valence-corrected chi connectivity index (χ2v) is 17.0. The largest absolute Gasteiger partial charge is 0.348 e. The molecule has 3 atom stereocenters. The number of rotatable bonds is 20. The van der Waals surface area contributed by atoms with Gasteiger partial charge in [0, 0.05) is 45.2 Å². The van der Waals surface area contributed by atoms with Gasteiger partial charge < -0.3 is 4.90 Å². The molecule has 0 saturated heterocycles. The normalized spacial score (nSPS) is 15.1. The fourth-order valence-electron chi connectivity index (χ4n) is 5.69. The van der Waals surface area contributed by atoms with Crippen molar-refractivity contribution in [3.8, 4) is 6.07 Å². The molecule has 1 aromatic heterocycles. The van der Waals surface area contributed by atoms with Gasteiger partial charge in [-0.3, -0.25) is 14.6 Å². The van der Waals surface area contributed by atoms with Crippen molar-refractivity contribution in [3.05, 3.63) is 27.3 Å². The molecule has 272 valence electrons. The Morgan fingerprint density at radius 3 is 1.83 bits per heavy atom. The summed E-state index contributed by atoms with van der Waals surface area (Å²) >= 11 is 1.64. The average Bonchev–Trinajstić information content (AvgIpc) is 3.46. The lowest BCUT2D eigenvalue weighted by atomic mass is 9.76. The number of aldehydes is 1. The molecule has 7 nitrogen and oxygen atoms in total. The van der Waals surface area contributed by atoms with Crippen molar-refractivity contribution in [1.29, 1.82) is 5.26 Å². The van der Waals surface area contributed by atoms with Crippen LogP contribution in [0.2, 0.25) is 0 Å². The number of anilines is 1. The number of likely N-dealkylation sites (N-methyl/N-ethyl adjacent to an activating group) is 1. The van der Waals surface area contributed by atoms with Crippen molar-refractivity contribution >= 4 is 34.7 Å². The zero-order valence-electron chi connectivity index (χ0n) is 33.1. The van der Waals surface area contributed by atoms with E-state index in [1.807, 2.05) is 20.2 Å². The second kappa shape index (κ2) is 20.2. The summed E-state index contributed by atoms with van der Waals surface area (Å²) in [7, 11) is 5.35. The molecule has 48 heavy (non-hydrogen) atoms. The van der Waals surface area contributed by atoms with Crippen molar-refractivity contribution in [2.45, 2.75) is 139 Å². The highest BCUT2D eigenvalue weighted by atomic mass is 32.1. The van der Waals surface area contributed by atoms with Crippen LogP contribution in [0.5, 0.6) is 0 Å². The van der Waals surface area contributed by atoms with Gasteiger partial charge in [0.15, 0.2) is 11.4 Å². The maximum Gasteiger partial charge on any atom is 0.268 e. The molecule has 0 aliphatic rings. The van der Waals surface area contributed by atoms with Gasteiger partial charge in [-0.15, -0.1) is 0 Å². The van der Waals surface area contributed by atoms with E-state index in [-0.39, 0.29) is 28.2 Å². The number of amides is 1. The van der Waals surface area contributed by atoms with E-state index in [9.17, 15) is 14.9 Å². The molecule has 0 aliphatic carbocycles. The molecule has 0 bridgehead atoms. The van der Waals surface area contributed by atoms with Crippen molar-refractivity contribution < 1.29 is 9.59 Å². The number of hydrogen-bond acceptors (Lipinski definition) is 7. The van der Waals surface area contributed by atoms with Crippen LogP contribution in [-0.4, -0.2) is 61.4 Å². The van der Waals surface area contributed by atoms with Crippen LogP contribution in [0.1, 0.15) is 145 Å². The summed E-state index contributed by atoms with van der Waals surface area (Å²) in [4.78, 5) is 35.5. The molecular formula is C40H69N5O2S. The summed E-state index contributed by atoms with van der Waals surface area (Å²) in [6, 6.07) is 2.12. The highest BCUT2D eigenvalue weighted by Crippen LogP contribution is 2.40. The van der Waals surface area contributed by atoms with Crippen molar-refractivity contribution in [3.63, 3.8) is 0 Å².